The lowest BCUT2D eigenvalue weighted by molar-refractivity contribution is 0.557. The van der Waals surface area contributed by atoms with Crippen molar-refractivity contribution in [3.8, 4) is 10.7 Å². The van der Waals surface area contributed by atoms with Crippen molar-refractivity contribution in [2.75, 3.05) is 0 Å². The molecule has 0 spiro atoms. The molecule has 0 aromatic carbocycles. The summed E-state index contributed by atoms with van der Waals surface area (Å²) in [5, 5.41) is 15.7. The van der Waals surface area contributed by atoms with E-state index in [1.54, 1.807) is 22.1 Å². The van der Waals surface area contributed by atoms with Crippen LogP contribution < -0.4 is 0 Å². The molecule has 5 nitrogen and oxygen atoms in total. The van der Waals surface area contributed by atoms with E-state index < -0.39 is 0 Å². The van der Waals surface area contributed by atoms with Crippen LogP contribution in [0.1, 0.15) is 10.8 Å². The van der Waals surface area contributed by atoms with E-state index >= 15 is 0 Å². The smallest absolute Gasteiger partial charge is 0.235 e. The van der Waals surface area contributed by atoms with Crippen LogP contribution in [0.25, 0.3) is 27.8 Å². The van der Waals surface area contributed by atoms with Crippen molar-refractivity contribution in [1.82, 2.24) is 19.8 Å². The highest BCUT2D eigenvalue weighted by Crippen LogP contribution is 2.25. The van der Waals surface area contributed by atoms with Crippen molar-refractivity contribution < 1.29 is 4.42 Å². The highest BCUT2D eigenvalue weighted by Gasteiger charge is 2.12. The molecule has 4 aromatic heterocycles. The van der Waals surface area contributed by atoms with Crippen LogP contribution in [0.4, 0.5) is 0 Å². The zero-order valence-corrected chi connectivity index (χ0v) is 11.8. The topological polar surface area (TPSA) is 56.2 Å². The van der Waals surface area contributed by atoms with E-state index in [2.05, 4.69) is 15.3 Å². The van der Waals surface area contributed by atoms with Crippen LogP contribution in [-0.2, 0) is 0 Å². The molecule has 0 aliphatic carbocycles. The zero-order valence-electron chi connectivity index (χ0n) is 10.1. The summed E-state index contributed by atoms with van der Waals surface area (Å²) in [7, 11) is 0. The highest BCUT2D eigenvalue weighted by atomic mass is 32.1. The zero-order chi connectivity index (χ0) is 13.4. The Hall–Kier alpha value is -2.25. The molecule has 20 heavy (non-hydrogen) atoms. The summed E-state index contributed by atoms with van der Waals surface area (Å²) in [6.45, 7) is 0. The van der Waals surface area contributed by atoms with Gasteiger partial charge in [0, 0.05) is 0 Å². The first-order chi connectivity index (χ1) is 9.90. The first kappa shape index (κ1) is 11.6. The first-order valence-corrected chi connectivity index (χ1v) is 7.57. The Kier molecular flexibility index (Phi) is 2.71. The predicted octanol–water partition coefficient (Wildman–Crippen LogP) is 3.68. The Bertz CT molecular complexity index is 856. The quantitative estimate of drug-likeness (QED) is 0.579. The molecule has 0 atom stereocenters. The van der Waals surface area contributed by atoms with Gasteiger partial charge in [-0.1, -0.05) is 17.4 Å². The van der Waals surface area contributed by atoms with Crippen LogP contribution >= 0.6 is 22.7 Å². The summed E-state index contributed by atoms with van der Waals surface area (Å²) in [5.41, 5.74) is 0. The summed E-state index contributed by atoms with van der Waals surface area (Å²) in [4.78, 5) is 1.84. The average molecular weight is 300 g/mol. The minimum absolute atomic E-state index is 0.781. The van der Waals surface area contributed by atoms with Crippen LogP contribution in [0.15, 0.2) is 40.3 Å². The van der Waals surface area contributed by atoms with E-state index in [1.807, 2.05) is 41.8 Å². The second kappa shape index (κ2) is 4.69. The van der Waals surface area contributed by atoms with Crippen molar-refractivity contribution in [3.05, 3.63) is 46.7 Å². The SMILES string of the molecule is C(=Cc1nn2c(-c3cccs3)nnc2s1)c1ccco1. The van der Waals surface area contributed by atoms with Gasteiger partial charge >= 0.3 is 0 Å². The van der Waals surface area contributed by atoms with Crippen LogP contribution in [0, 0.1) is 0 Å². The number of nitrogens with zero attached hydrogens (tertiary/aromatic N) is 4. The fourth-order valence-corrected chi connectivity index (χ4v) is 3.23. The van der Waals surface area contributed by atoms with Gasteiger partial charge < -0.3 is 4.42 Å². The first-order valence-electron chi connectivity index (χ1n) is 5.88. The normalized spacial score (nSPS) is 11.8. The van der Waals surface area contributed by atoms with Crippen molar-refractivity contribution in [1.29, 1.82) is 0 Å². The van der Waals surface area contributed by atoms with Gasteiger partial charge in [-0.05, 0) is 35.7 Å². The molecule has 7 heteroatoms. The van der Waals surface area contributed by atoms with Crippen LogP contribution in [-0.4, -0.2) is 19.8 Å². The molecule has 0 bridgehead atoms. The third-order valence-electron chi connectivity index (χ3n) is 2.68. The standard InChI is InChI=1S/C13H8N4OS2/c1-3-9(18-7-1)5-6-11-16-17-12(10-4-2-8-19-10)14-15-13(17)20-11/h1-8H. The highest BCUT2D eigenvalue weighted by molar-refractivity contribution is 7.17. The van der Waals surface area contributed by atoms with Crippen molar-refractivity contribution in [2.45, 2.75) is 0 Å². The molecule has 4 heterocycles. The van der Waals surface area contributed by atoms with Gasteiger partial charge in [-0.3, -0.25) is 0 Å². The van der Waals surface area contributed by atoms with Crippen molar-refractivity contribution in [2.24, 2.45) is 0 Å². The third kappa shape index (κ3) is 1.97. The molecule has 0 fully saturated rings. The molecule has 4 aromatic rings. The van der Waals surface area contributed by atoms with Gasteiger partial charge in [-0.25, -0.2) is 0 Å². The Morgan fingerprint density at radius 2 is 2.15 bits per heavy atom. The van der Waals surface area contributed by atoms with Crippen LogP contribution in [0.3, 0.4) is 0 Å². The van der Waals surface area contributed by atoms with Gasteiger partial charge in [0.15, 0.2) is 5.82 Å². The van der Waals surface area contributed by atoms with Crippen molar-refractivity contribution >= 4 is 39.8 Å². The molecular formula is C13H8N4OS2. The largest absolute Gasteiger partial charge is 0.465 e. The minimum Gasteiger partial charge on any atom is -0.465 e. The number of thiophene rings is 1. The lowest BCUT2D eigenvalue weighted by Gasteiger charge is -1.89. The van der Waals surface area contributed by atoms with Crippen LogP contribution in [0.2, 0.25) is 0 Å². The molecule has 0 aliphatic heterocycles. The molecule has 0 unspecified atom stereocenters. The van der Waals surface area contributed by atoms with E-state index in [0.29, 0.717) is 0 Å². The van der Waals surface area contributed by atoms with Gasteiger partial charge in [0.2, 0.25) is 4.96 Å². The van der Waals surface area contributed by atoms with Crippen molar-refractivity contribution in [3.63, 3.8) is 0 Å². The molecule has 0 amide bonds. The summed E-state index contributed by atoms with van der Waals surface area (Å²) in [5.74, 6) is 1.58. The number of hydrogen-bond donors (Lipinski definition) is 0. The molecule has 0 N–H and O–H groups in total. The molecule has 4 rings (SSSR count). The van der Waals surface area contributed by atoms with Gasteiger partial charge in [0.1, 0.15) is 10.8 Å². The van der Waals surface area contributed by atoms with E-state index in [4.69, 9.17) is 4.42 Å². The fraction of sp³-hybridized carbons (Fsp3) is 0. The maximum Gasteiger partial charge on any atom is 0.235 e. The molecule has 0 saturated heterocycles. The molecule has 0 saturated carbocycles. The predicted molar refractivity (Wildman–Crippen MR) is 79.6 cm³/mol. The summed E-state index contributed by atoms with van der Waals surface area (Å²) in [6, 6.07) is 7.75. The summed E-state index contributed by atoms with van der Waals surface area (Å²) >= 11 is 3.12. The molecule has 98 valence electrons. The lowest BCUT2D eigenvalue weighted by atomic mass is 10.4. The van der Waals surface area contributed by atoms with E-state index in [-0.39, 0.29) is 0 Å². The monoisotopic (exact) mass is 300 g/mol. The summed E-state index contributed by atoms with van der Waals surface area (Å²) in [6.07, 6.45) is 5.44. The Morgan fingerprint density at radius 1 is 1.15 bits per heavy atom. The summed E-state index contributed by atoms with van der Waals surface area (Å²) < 4.78 is 7.03. The lowest BCUT2D eigenvalue weighted by Crippen LogP contribution is -1.88. The second-order valence-corrected chi connectivity index (χ2v) is 5.92. The maximum atomic E-state index is 5.25. The Labute approximate surface area is 121 Å². The van der Waals surface area contributed by atoms with Crippen LogP contribution in [0.5, 0.6) is 0 Å². The number of aromatic nitrogens is 4. The Balaban J connectivity index is 1.73. The van der Waals surface area contributed by atoms with Gasteiger partial charge in [-0.15, -0.1) is 21.5 Å². The molecule has 0 aliphatic rings. The second-order valence-electron chi connectivity index (χ2n) is 3.98. The number of hydrogen-bond acceptors (Lipinski definition) is 6. The van der Waals surface area contributed by atoms with Gasteiger partial charge in [0.25, 0.3) is 0 Å². The van der Waals surface area contributed by atoms with E-state index in [9.17, 15) is 0 Å². The fourth-order valence-electron chi connectivity index (χ4n) is 1.80. The average Bonchev–Trinajstić information content (AvgIpc) is 3.20. The number of fused-ring (bicyclic) bond motifs is 1. The maximum absolute atomic E-state index is 5.25. The number of rotatable bonds is 3. The minimum atomic E-state index is 0.781. The van der Waals surface area contributed by atoms with E-state index in [1.165, 1.54) is 11.3 Å². The molecular weight excluding hydrogens is 292 g/mol. The Morgan fingerprint density at radius 3 is 2.95 bits per heavy atom. The van der Waals surface area contributed by atoms with E-state index in [0.717, 1.165) is 26.4 Å². The third-order valence-corrected chi connectivity index (χ3v) is 4.41. The van der Waals surface area contributed by atoms with Gasteiger partial charge in [-0.2, -0.15) is 9.61 Å². The number of furan rings is 1. The molecule has 0 radical (unpaired) electrons. The van der Waals surface area contributed by atoms with Gasteiger partial charge in [0.05, 0.1) is 11.1 Å².